The molecule has 0 unspecified atom stereocenters. The molecule has 0 aliphatic carbocycles. The Morgan fingerprint density at radius 3 is 2.17 bits per heavy atom. The van der Waals surface area contributed by atoms with Crippen molar-refractivity contribution in [2.24, 2.45) is 0 Å². The Kier molecular flexibility index (Phi) is 6.18. The second-order valence-corrected chi connectivity index (χ2v) is 8.26. The summed E-state index contributed by atoms with van der Waals surface area (Å²) in [4.78, 5) is 17.6. The third kappa shape index (κ3) is 4.59. The van der Waals surface area contributed by atoms with Gasteiger partial charge in [-0.15, -0.1) is 0 Å². The van der Waals surface area contributed by atoms with Gasteiger partial charge in [-0.3, -0.25) is 4.79 Å². The first-order chi connectivity index (χ1) is 17.0. The van der Waals surface area contributed by atoms with Gasteiger partial charge in [-0.05, 0) is 66.7 Å². The summed E-state index contributed by atoms with van der Waals surface area (Å²) >= 11 is 0. The maximum absolute atomic E-state index is 14.5. The van der Waals surface area contributed by atoms with Gasteiger partial charge in [0.25, 0.3) is 5.91 Å². The van der Waals surface area contributed by atoms with Crippen LogP contribution >= 0.6 is 0 Å². The van der Waals surface area contributed by atoms with Gasteiger partial charge >= 0.3 is 0 Å². The normalized spacial score (nSPS) is 13.7. The van der Waals surface area contributed by atoms with E-state index in [9.17, 15) is 13.6 Å². The first kappa shape index (κ1) is 22.6. The van der Waals surface area contributed by atoms with Gasteiger partial charge in [-0.25, -0.2) is 13.5 Å². The number of methoxy groups -OCH3 is 1. The minimum atomic E-state index is -0.427. The van der Waals surface area contributed by atoms with Crippen LogP contribution in [-0.2, 0) is 0 Å². The molecule has 6 nitrogen and oxygen atoms in total. The molecule has 1 fully saturated rings. The highest BCUT2D eigenvalue weighted by Gasteiger charge is 2.27. The van der Waals surface area contributed by atoms with Gasteiger partial charge < -0.3 is 14.5 Å². The lowest BCUT2D eigenvalue weighted by Gasteiger charge is -2.36. The maximum atomic E-state index is 14.5. The van der Waals surface area contributed by atoms with Gasteiger partial charge in [-0.1, -0.05) is 12.1 Å². The zero-order chi connectivity index (χ0) is 24.4. The number of carbonyl (C=O) groups excluding carboxylic acids is 1. The van der Waals surface area contributed by atoms with Gasteiger partial charge in [0.05, 0.1) is 18.5 Å². The van der Waals surface area contributed by atoms with Crippen LogP contribution in [0.15, 0.2) is 78.9 Å². The van der Waals surface area contributed by atoms with Gasteiger partial charge in [0.2, 0.25) is 0 Å². The molecule has 8 heteroatoms. The van der Waals surface area contributed by atoms with Crippen molar-refractivity contribution < 1.29 is 18.3 Å². The molecule has 2 heterocycles. The van der Waals surface area contributed by atoms with Crippen LogP contribution < -0.4 is 9.64 Å². The van der Waals surface area contributed by atoms with Crippen LogP contribution in [-0.4, -0.2) is 53.9 Å². The summed E-state index contributed by atoms with van der Waals surface area (Å²) in [5, 5.41) is 4.52. The molecule has 0 atom stereocenters. The van der Waals surface area contributed by atoms with Gasteiger partial charge in [0.1, 0.15) is 23.1 Å². The standard InChI is InChI=1S/C27H24F2N4O2/c1-35-22-12-10-20(11-13-22)31-14-16-32(17-15-31)27(34)26-18-25(23-4-2-3-5-24(23)29)30-33(26)21-8-6-19(28)7-9-21/h2-13,18H,14-17H2,1H3. The fourth-order valence-corrected chi connectivity index (χ4v) is 4.24. The lowest BCUT2D eigenvalue weighted by molar-refractivity contribution is 0.0737. The molecule has 0 saturated carbocycles. The fourth-order valence-electron chi connectivity index (χ4n) is 4.24. The third-order valence-corrected chi connectivity index (χ3v) is 6.15. The van der Waals surface area contributed by atoms with E-state index in [2.05, 4.69) is 10.00 Å². The molecule has 0 bridgehead atoms. The number of halogens is 2. The van der Waals surface area contributed by atoms with Gasteiger partial charge in [0.15, 0.2) is 0 Å². The molecule has 178 valence electrons. The Hall–Kier alpha value is -4.20. The van der Waals surface area contributed by atoms with Crippen molar-refractivity contribution >= 4 is 11.6 Å². The van der Waals surface area contributed by atoms with E-state index in [1.54, 1.807) is 48.4 Å². The summed E-state index contributed by atoms with van der Waals surface area (Å²) in [6.45, 7) is 2.38. The monoisotopic (exact) mass is 474 g/mol. The lowest BCUT2D eigenvalue weighted by Crippen LogP contribution is -2.49. The molecular formula is C27H24F2N4O2. The van der Waals surface area contributed by atoms with Crippen molar-refractivity contribution in [2.75, 3.05) is 38.2 Å². The fraction of sp³-hybridized carbons (Fsp3) is 0.185. The Balaban J connectivity index is 1.41. The molecule has 1 amide bonds. The predicted octanol–water partition coefficient (Wildman–Crippen LogP) is 4.79. The highest BCUT2D eigenvalue weighted by atomic mass is 19.1. The van der Waals surface area contributed by atoms with Crippen LogP contribution in [0.5, 0.6) is 5.75 Å². The summed E-state index contributed by atoms with van der Waals surface area (Å²) in [6.07, 6.45) is 0. The van der Waals surface area contributed by atoms with Crippen molar-refractivity contribution in [1.82, 2.24) is 14.7 Å². The van der Waals surface area contributed by atoms with E-state index in [0.29, 0.717) is 48.8 Å². The van der Waals surface area contributed by atoms with E-state index in [-0.39, 0.29) is 5.91 Å². The van der Waals surface area contributed by atoms with Crippen LogP contribution in [0.3, 0.4) is 0 Å². The van der Waals surface area contributed by atoms with Crippen LogP contribution in [0.4, 0.5) is 14.5 Å². The van der Waals surface area contributed by atoms with Crippen molar-refractivity contribution in [2.45, 2.75) is 0 Å². The summed E-state index contributed by atoms with van der Waals surface area (Å²) in [5.41, 5.74) is 2.53. The second kappa shape index (κ2) is 9.58. The van der Waals surface area contributed by atoms with Crippen LogP contribution in [0.1, 0.15) is 10.5 Å². The molecular weight excluding hydrogens is 450 g/mol. The minimum Gasteiger partial charge on any atom is -0.497 e. The van der Waals surface area contributed by atoms with E-state index < -0.39 is 11.6 Å². The number of rotatable bonds is 5. The number of anilines is 1. The number of ether oxygens (including phenoxy) is 1. The first-order valence-electron chi connectivity index (χ1n) is 11.3. The molecule has 5 rings (SSSR count). The number of benzene rings is 3. The van der Waals surface area contributed by atoms with Crippen molar-refractivity contribution in [1.29, 1.82) is 0 Å². The van der Waals surface area contributed by atoms with E-state index >= 15 is 0 Å². The van der Waals surface area contributed by atoms with Crippen molar-refractivity contribution in [3.05, 3.63) is 96.2 Å². The molecule has 0 spiro atoms. The Morgan fingerprint density at radius 1 is 0.857 bits per heavy atom. The summed E-state index contributed by atoms with van der Waals surface area (Å²) in [6, 6.07) is 21.4. The molecule has 1 saturated heterocycles. The lowest BCUT2D eigenvalue weighted by atomic mass is 10.1. The Labute approximate surface area is 202 Å². The number of nitrogens with zero attached hydrogens (tertiary/aromatic N) is 4. The molecule has 4 aromatic rings. The highest BCUT2D eigenvalue weighted by molar-refractivity contribution is 5.94. The third-order valence-electron chi connectivity index (χ3n) is 6.15. The number of carbonyl (C=O) groups is 1. The largest absolute Gasteiger partial charge is 0.497 e. The maximum Gasteiger partial charge on any atom is 0.272 e. The molecule has 0 N–H and O–H groups in total. The summed E-state index contributed by atoms with van der Waals surface area (Å²) in [7, 11) is 1.63. The zero-order valence-corrected chi connectivity index (χ0v) is 19.2. The second-order valence-electron chi connectivity index (χ2n) is 8.26. The molecule has 1 aliphatic heterocycles. The summed E-state index contributed by atoms with van der Waals surface area (Å²) < 4.78 is 34.7. The molecule has 35 heavy (non-hydrogen) atoms. The molecule has 3 aromatic carbocycles. The Morgan fingerprint density at radius 2 is 1.51 bits per heavy atom. The van der Waals surface area contributed by atoms with E-state index in [1.165, 1.54) is 22.9 Å². The number of hydrogen-bond acceptors (Lipinski definition) is 4. The molecule has 0 radical (unpaired) electrons. The van der Waals surface area contributed by atoms with Crippen LogP contribution in [0, 0.1) is 11.6 Å². The van der Waals surface area contributed by atoms with Crippen LogP contribution in [0.25, 0.3) is 16.9 Å². The summed E-state index contributed by atoms with van der Waals surface area (Å²) in [5.74, 6) is -0.234. The number of hydrogen-bond donors (Lipinski definition) is 0. The topological polar surface area (TPSA) is 50.6 Å². The highest BCUT2D eigenvalue weighted by Crippen LogP contribution is 2.26. The van der Waals surface area contributed by atoms with Crippen molar-refractivity contribution in [3.8, 4) is 22.7 Å². The number of aromatic nitrogens is 2. The van der Waals surface area contributed by atoms with Crippen LogP contribution in [0.2, 0.25) is 0 Å². The van der Waals surface area contributed by atoms with E-state index in [1.807, 2.05) is 24.3 Å². The average molecular weight is 475 g/mol. The van der Waals surface area contributed by atoms with Gasteiger partial charge in [0, 0.05) is 37.4 Å². The van der Waals surface area contributed by atoms with Crippen molar-refractivity contribution in [3.63, 3.8) is 0 Å². The van der Waals surface area contributed by atoms with Gasteiger partial charge in [-0.2, -0.15) is 5.10 Å². The number of amides is 1. The molecule has 1 aliphatic rings. The smallest absolute Gasteiger partial charge is 0.272 e. The minimum absolute atomic E-state index is 0.209. The Bertz CT molecular complexity index is 1330. The average Bonchev–Trinajstić information content (AvgIpc) is 3.34. The predicted molar refractivity (Wildman–Crippen MR) is 130 cm³/mol. The quantitative estimate of drug-likeness (QED) is 0.418. The SMILES string of the molecule is COc1ccc(N2CCN(C(=O)c3cc(-c4ccccc4F)nn3-c3ccc(F)cc3)CC2)cc1. The first-order valence-corrected chi connectivity index (χ1v) is 11.3. The number of piperazine rings is 1. The van der Waals surface area contributed by atoms with E-state index in [0.717, 1.165) is 11.4 Å². The van der Waals surface area contributed by atoms with E-state index in [4.69, 9.17) is 4.74 Å². The molecule has 1 aromatic heterocycles. The zero-order valence-electron chi connectivity index (χ0n) is 19.2.